The van der Waals surface area contributed by atoms with Crippen LogP contribution in [0.3, 0.4) is 0 Å². The maximum atomic E-state index is 12.3. The largest absolute Gasteiger partial charge is 0.497 e. The molecule has 0 saturated heterocycles. The zero-order chi connectivity index (χ0) is 19.2. The third kappa shape index (κ3) is 4.49. The maximum Gasteiger partial charge on any atom is 0.222 e. The number of carbonyl (C=O) groups excluding carboxylic acids is 1. The predicted molar refractivity (Wildman–Crippen MR) is 107 cm³/mol. The maximum absolute atomic E-state index is 12.3. The van der Waals surface area contributed by atoms with E-state index >= 15 is 0 Å². The molecule has 142 valence electrons. The van der Waals surface area contributed by atoms with Gasteiger partial charge in [0.05, 0.1) is 19.6 Å². The fourth-order valence-electron chi connectivity index (χ4n) is 3.26. The minimum absolute atomic E-state index is 0.0114. The molecule has 0 bridgehead atoms. The van der Waals surface area contributed by atoms with Gasteiger partial charge in [0.2, 0.25) is 5.91 Å². The summed E-state index contributed by atoms with van der Waals surface area (Å²) >= 11 is 0. The van der Waals surface area contributed by atoms with Gasteiger partial charge in [0.15, 0.2) is 0 Å². The number of benzene rings is 2. The third-order valence-electron chi connectivity index (χ3n) is 4.89. The standard InChI is InChI=1S/C22H26N2O3/c1-15(26-2)12-22(25)24-13-19(16-8-10-17(27-3)11-9-16)20-14-23-21-7-5-4-6-18(20)21/h4-11,14-15,19,23H,12-13H2,1-3H3,(H,24,25). The summed E-state index contributed by atoms with van der Waals surface area (Å²) in [6, 6.07) is 16.2. The number of methoxy groups -OCH3 is 2. The van der Waals surface area contributed by atoms with Crippen molar-refractivity contribution >= 4 is 16.8 Å². The SMILES string of the molecule is COc1ccc(C(CNC(=O)CC(C)OC)c2c[nH]c3ccccc23)cc1. The van der Waals surface area contributed by atoms with E-state index < -0.39 is 0 Å². The van der Waals surface area contributed by atoms with Crippen molar-refractivity contribution < 1.29 is 14.3 Å². The number of H-pyrrole nitrogens is 1. The molecule has 5 heteroatoms. The van der Waals surface area contributed by atoms with Crippen LogP contribution in [0, 0.1) is 0 Å². The number of nitrogens with one attached hydrogen (secondary N) is 2. The highest BCUT2D eigenvalue weighted by molar-refractivity contribution is 5.84. The van der Waals surface area contributed by atoms with Crippen molar-refractivity contribution in [1.29, 1.82) is 0 Å². The van der Waals surface area contributed by atoms with Crippen molar-refractivity contribution in [3.05, 3.63) is 65.9 Å². The van der Waals surface area contributed by atoms with Crippen LogP contribution in [0.15, 0.2) is 54.7 Å². The number of amides is 1. The lowest BCUT2D eigenvalue weighted by molar-refractivity contribution is -0.123. The summed E-state index contributed by atoms with van der Waals surface area (Å²) in [6.07, 6.45) is 2.28. The van der Waals surface area contributed by atoms with Gasteiger partial charge in [-0.15, -0.1) is 0 Å². The van der Waals surface area contributed by atoms with Crippen molar-refractivity contribution in [2.75, 3.05) is 20.8 Å². The smallest absolute Gasteiger partial charge is 0.222 e. The van der Waals surface area contributed by atoms with Crippen LogP contribution in [0.4, 0.5) is 0 Å². The lowest BCUT2D eigenvalue weighted by atomic mass is 9.90. The number of rotatable bonds is 8. The molecular formula is C22H26N2O3. The molecule has 0 saturated carbocycles. The summed E-state index contributed by atoms with van der Waals surface area (Å²) < 4.78 is 10.5. The fourth-order valence-corrected chi connectivity index (χ4v) is 3.26. The van der Waals surface area contributed by atoms with E-state index in [-0.39, 0.29) is 17.9 Å². The second-order valence-corrected chi connectivity index (χ2v) is 6.67. The minimum atomic E-state index is -0.0995. The molecule has 5 nitrogen and oxygen atoms in total. The van der Waals surface area contributed by atoms with Crippen LogP contribution in [-0.4, -0.2) is 37.8 Å². The minimum Gasteiger partial charge on any atom is -0.497 e. The van der Waals surface area contributed by atoms with Crippen LogP contribution in [0.1, 0.15) is 30.4 Å². The zero-order valence-electron chi connectivity index (χ0n) is 16.0. The van der Waals surface area contributed by atoms with Gasteiger partial charge in [0, 0.05) is 36.7 Å². The quantitative estimate of drug-likeness (QED) is 0.636. The van der Waals surface area contributed by atoms with Gasteiger partial charge >= 0.3 is 0 Å². The molecule has 3 aromatic rings. The molecular weight excluding hydrogens is 340 g/mol. The van der Waals surface area contributed by atoms with Crippen LogP contribution in [0.5, 0.6) is 5.75 Å². The number of para-hydroxylation sites is 1. The van der Waals surface area contributed by atoms with Crippen molar-refractivity contribution in [2.24, 2.45) is 0 Å². The number of carbonyl (C=O) groups is 1. The van der Waals surface area contributed by atoms with Crippen molar-refractivity contribution in [3.63, 3.8) is 0 Å². The van der Waals surface area contributed by atoms with Gasteiger partial charge in [0.1, 0.15) is 5.75 Å². The second kappa shape index (κ2) is 8.73. The lowest BCUT2D eigenvalue weighted by Crippen LogP contribution is -2.31. The molecule has 0 spiro atoms. The Balaban J connectivity index is 1.88. The number of aromatic amines is 1. The molecule has 2 unspecified atom stereocenters. The summed E-state index contributed by atoms with van der Waals surface area (Å²) in [4.78, 5) is 15.6. The molecule has 0 aliphatic carbocycles. The lowest BCUT2D eigenvalue weighted by Gasteiger charge is -2.19. The first-order valence-electron chi connectivity index (χ1n) is 9.11. The number of hydrogen-bond acceptors (Lipinski definition) is 3. The van der Waals surface area contributed by atoms with Gasteiger partial charge in [0.25, 0.3) is 0 Å². The summed E-state index contributed by atoms with van der Waals surface area (Å²) in [6.45, 7) is 2.41. The summed E-state index contributed by atoms with van der Waals surface area (Å²) in [5.74, 6) is 0.839. The second-order valence-electron chi connectivity index (χ2n) is 6.67. The van der Waals surface area contributed by atoms with E-state index in [1.54, 1.807) is 14.2 Å². The molecule has 0 aliphatic heterocycles. The summed E-state index contributed by atoms with van der Waals surface area (Å²) in [7, 11) is 3.27. The Morgan fingerprint density at radius 1 is 1.11 bits per heavy atom. The van der Waals surface area contributed by atoms with Crippen LogP contribution >= 0.6 is 0 Å². The average molecular weight is 366 g/mol. The topological polar surface area (TPSA) is 63.4 Å². The van der Waals surface area contributed by atoms with Gasteiger partial charge in [-0.05, 0) is 36.2 Å². The van der Waals surface area contributed by atoms with Crippen LogP contribution < -0.4 is 10.1 Å². The summed E-state index contributed by atoms with van der Waals surface area (Å²) in [5.41, 5.74) is 3.38. The zero-order valence-corrected chi connectivity index (χ0v) is 16.0. The monoisotopic (exact) mass is 366 g/mol. The van der Waals surface area contributed by atoms with E-state index in [4.69, 9.17) is 9.47 Å². The Morgan fingerprint density at radius 2 is 1.85 bits per heavy atom. The first-order chi connectivity index (χ1) is 13.1. The molecule has 2 atom stereocenters. The van der Waals surface area contributed by atoms with Gasteiger partial charge in [-0.1, -0.05) is 30.3 Å². The predicted octanol–water partition coefficient (Wildman–Crippen LogP) is 3.85. The molecule has 3 rings (SSSR count). The van der Waals surface area contributed by atoms with Crippen molar-refractivity contribution in [1.82, 2.24) is 10.3 Å². The molecule has 1 heterocycles. The van der Waals surface area contributed by atoms with Gasteiger partial charge in [-0.25, -0.2) is 0 Å². The fraction of sp³-hybridized carbons (Fsp3) is 0.318. The van der Waals surface area contributed by atoms with Gasteiger partial charge in [-0.2, -0.15) is 0 Å². The Kier molecular flexibility index (Phi) is 6.14. The van der Waals surface area contributed by atoms with Crippen LogP contribution in [0.25, 0.3) is 10.9 Å². The van der Waals surface area contributed by atoms with E-state index in [1.807, 2.05) is 37.4 Å². The highest BCUT2D eigenvalue weighted by Gasteiger charge is 2.19. The van der Waals surface area contributed by atoms with E-state index in [9.17, 15) is 4.79 Å². The molecule has 27 heavy (non-hydrogen) atoms. The molecule has 1 amide bonds. The molecule has 1 aromatic heterocycles. The first kappa shape index (κ1) is 19.0. The van der Waals surface area contributed by atoms with Gasteiger partial charge < -0.3 is 19.8 Å². The Labute approximate surface area is 159 Å². The molecule has 0 aliphatic rings. The highest BCUT2D eigenvalue weighted by atomic mass is 16.5. The third-order valence-corrected chi connectivity index (χ3v) is 4.89. The number of hydrogen-bond donors (Lipinski definition) is 2. The van der Waals surface area contributed by atoms with Gasteiger partial charge in [-0.3, -0.25) is 4.79 Å². The van der Waals surface area contributed by atoms with E-state index in [1.165, 1.54) is 0 Å². The van der Waals surface area contributed by atoms with Crippen molar-refractivity contribution in [3.8, 4) is 5.75 Å². The average Bonchev–Trinajstić information content (AvgIpc) is 3.12. The summed E-state index contributed by atoms with van der Waals surface area (Å²) in [5, 5.41) is 4.23. The van der Waals surface area contributed by atoms with E-state index in [2.05, 4.69) is 34.6 Å². The van der Waals surface area contributed by atoms with E-state index in [0.717, 1.165) is 27.8 Å². The van der Waals surface area contributed by atoms with Crippen LogP contribution in [-0.2, 0) is 9.53 Å². The number of fused-ring (bicyclic) bond motifs is 1. The first-order valence-corrected chi connectivity index (χ1v) is 9.11. The number of aromatic nitrogens is 1. The molecule has 2 N–H and O–H groups in total. The Morgan fingerprint density at radius 3 is 2.56 bits per heavy atom. The molecule has 0 radical (unpaired) electrons. The Bertz CT molecular complexity index is 886. The van der Waals surface area contributed by atoms with Crippen molar-refractivity contribution in [2.45, 2.75) is 25.4 Å². The van der Waals surface area contributed by atoms with E-state index in [0.29, 0.717) is 13.0 Å². The Hall–Kier alpha value is -2.79. The normalized spacial score (nSPS) is 13.3. The van der Waals surface area contributed by atoms with Crippen LogP contribution in [0.2, 0.25) is 0 Å². The number of ether oxygens (including phenoxy) is 2. The highest BCUT2D eigenvalue weighted by Crippen LogP contribution is 2.31. The molecule has 2 aromatic carbocycles. The molecule has 0 fully saturated rings.